The van der Waals surface area contributed by atoms with Crippen LogP contribution in [0.1, 0.15) is 22.3 Å². The van der Waals surface area contributed by atoms with E-state index in [-0.39, 0.29) is 33.4 Å². The largest absolute Gasteiger partial charge is 0.416 e. The summed E-state index contributed by atoms with van der Waals surface area (Å²) in [5.74, 6) is 0. The van der Waals surface area contributed by atoms with Gasteiger partial charge in [-0.2, -0.15) is 52.7 Å². The van der Waals surface area contributed by atoms with Crippen molar-refractivity contribution in [2.45, 2.75) is 24.7 Å². The van der Waals surface area contributed by atoms with E-state index in [0.717, 1.165) is 70.8 Å². The number of halogens is 12. The lowest BCUT2D eigenvalue weighted by Gasteiger charge is -2.33. The second-order valence-electron chi connectivity index (χ2n) is 21.7. The van der Waals surface area contributed by atoms with E-state index in [1.807, 2.05) is 133 Å². The molecule has 16 rings (SSSR count). The highest BCUT2D eigenvalue weighted by atomic mass is 19.4. The summed E-state index contributed by atoms with van der Waals surface area (Å²) in [6.45, 7) is -1.78. The number of fused-ring (bicyclic) bond motifs is 10. The molecular weight excluding hydrogens is 1070 g/mol. The number of benzene rings is 12. The first-order valence-electron chi connectivity index (χ1n) is 26.3. The molecule has 0 saturated carbocycles. The van der Waals surface area contributed by atoms with Crippen LogP contribution in [0, 0.1) is 0 Å². The van der Waals surface area contributed by atoms with Gasteiger partial charge in [-0.05, 0) is 170 Å². The van der Waals surface area contributed by atoms with Crippen LogP contribution in [0.15, 0.2) is 194 Å². The molecule has 0 bridgehead atoms. The number of rotatable bonds is 4. The maximum atomic E-state index is 15.5. The maximum Gasteiger partial charge on any atom is 0.416 e. The Balaban J connectivity index is 1.15. The van der Waals surface area contributed by atoms with Gasteiger partial charge >= 0.3 is 24.7 Å². The molecule has 0 aromatic heterocycles. The second-order valence-corrected chi connectivity index (χ2v) is 21.7. The Labute approximate surface area is 459 Å². The maximum absolute atomic E-state index is 15.5. The van der Waals surface area contributed by atoms with Gasteiger partial charge in [0.05, 0.1) is 22.3 Å². The van der Waals surface area contributed by atoms with Crippen LogP contribution in [-0.2, 0) is 24.7 Å². The van der Waals surface area contributed by atoms with Gasteiger partial charge in [-0.3, -0.25) is 0 Å². The minimum Gasteiger partial charge on any atom is -0.166 e. The van der Waals surface area contributed by atoms with E-state index in [1.54, 1.807) is 0 Å². The summed E-state index contributed by atoms with van der Waals surface area (Å²) in [6.07, 6.45) is -19.6. The topological polar surface area (TPSA) is 0 Å². The molecule has 0 nitrogen and oxygen atoms in total. The average Bonchev–Trinajstić information content (AvgIpc) is 1.57. The van der Waals surface area contributed by atoms with Gasteiger partial charge in [-0.15, -0.1) is 0 Å². The fraction of sp³-hybridized carbons (Fsp3) is 0.0588. The Morgan fingerprint density at radius 1 is 0.220 bits per heavy atom. The molecule has 0 amide bonds. The van der Waals surface area contributed by atoms with Crippen LogP contribution in [0.2, 0.25) is 0 Å². The predicted octanol–water partition coefficient (Wildman–Crippen LogP) is 16.3. The third-order valence-electron chi connectivity index (χ3n) is 17.5. The van der Waals surface area contributed by atoms with Crippen LogP contribution in [0.3, 0.4) is 0 Å². The minimum absolute atomic E-state index is 0.00826. The summed E-state index contributed by atoms with van der Waals surface area (Å²) in [7, 11) is 0. The summed E-state index contributed by atoms with van der Waals surface area (Å²) < 4.78 is 181. The minimum atomic E-state index is -4.94. The van der Waals surface area contributed by atoms with E-state index in [1.165, 1.54) is 12.1 Å². The first kappa shape index (κ1) is 48.8. The van der Waals surface area contributed by atoms with Crippen molar-refractivity contribution >= 4 is 78.5 Å². The Hall–Kier alpha value is -9.03. The monoisotopic (exact) mass is 1100 g/mol. The fourth-order valence-electron chi connectivity index (χ4n) is 14.3. The molecule has 0 atom stereocenters. The van der Waals surface area contributed by atoms with E-state index < -0.39 is 60.4 Å². The van der Waals surface area contributed by atoms with Gasteiger partial charge in [-0.1, -0.05) is 178 Å². The standard InChI is InChI=1S/C68H32B2F12/c71-65(72,73)35-19-21-55-46(24-35)52-26-38(68(80,81)82)28-54-48-30-44(42-18-10-8-16-40(42)34-13-5-2-6-14-34)50-32-58-59-47(53-27-37(67(77,78)79)25-51-45-23-36(66(74,75)76)20-22-56(45)70(58)63(51)53)29-43(41-17-9-7-15-39(41)33-11-3-1-4-12-33)49-31-57(69(55)64(52)54)60(48)62(50)61(49)59/h1-32H. The van der Waals surface area contributed by atoms with Crippen molar-refractivity contribution in [3.05, 3.63) is 216 Å². The molecule has 0 unspecified atom stereocenters. The molecule has 4 heterocycles. The normalized spacial score (nSPS) is 13.8. The van der Waals surface area contributed by atoms with Crippen molar-refractivity contribution in [1.82, 2.24) is 0 Å². The van der Waals surface area contributed by atoms with Crippen LogP contribution < -0.4 is 32.8 Å². The van der Waals surface area contributed by atoms with E-state index in [4.69, 9.17) is 0 Å². The summed E-state index contributed by atoms with van der Waals surface area (Å²) in [6, 6.07) is 52.2. The molecule has 0 fully saturated rings. The lowest BCUT2D eigenvalue weighted by atomic mass is 9.34. The van der Waals surface area contributed by atoms with Gasteiger partial charge < -0.3 is 0 Å². The molecule has 4 aliphatic heterocycles. The molecule has 12 aromatic rings. The lowest BCUT2D eigenvalue weighted by Crippen LogP contribution is -2.53. The number of hydrogen-bond donors (Lipinski definition) is 0. The molecule has 0 saturated heterocycles. The average molecular weight is 1100 g/mol. The lowest BCUT2D eigenvalue weighted by molar-refractivity contribution is -0.138. The van der Waals surface area contributed by atoms with Crippen molar-refractivity contribution < 1.29 is 52.7 Å². The van der Waals surface area contributed by atoms with E-state index in [0.29, 0.717) is 98.5 Å². The van der Waals surface area contributed by atoms with Gasteiger partial charge in [0.2, 0.25) is 13.4 Å². The molecule has 12 aromatic carbocycles. The van der Waals surface area contributed by atoms with Crippen LogP contribution in [0.5, 0.6) is 0 Å². The summed E-state index contributed by atoms with van der Waals surface area (Å²) in [5.41, 5.74) is 5.31. The highest BCUT2D eigenvalue weighted by Crippen LogP contribution is 2.54. The van der Waals surface area contributed by atoms with Gasteiger partial charge in [0.15, 0.2) is 0 Å². The van der Waals surface area contributed by atoms with Crippen LogP contribution in [0.25, 0.3) is 121 Å². The van der Waals surface area contributed by atoms with E-state index >= 15 is 26.3 Å². The summed E-state index contributed by atoms with van der Waals surface area (Å²) in [4.78, 5) is 0. The van der Waals surface area contributed by atoms with Crippen molar-refractivity contribution in [3.8, 4) is 89.0 Å². The first-order chi connectivity index (χ1) is 39.2. The van der Waals surface area contributed by atoms with Crippen molar-refractivity contribution in [1.29, 1.82) is 0 Å². The predicted molar refractivity (Wildman–Crippen MR) is 303 cm³/mol. The fourth-order valence-corrected chi connectivity index (χ4v) is 14.3. The molecule has 0 aliphatic carbocycles. The first-order valence-corrected chi connectivity index (χ1v) is 26.3. The highest BCUT2D eigenvalue weighted by molar-refractivity contribution is 7.03. The molecule has 394 valence electrons. The Bertz CT molecular complexity index is 4500. The molecule has 82 heavy (non-hydrogen) atoms. The quantitative estimate of drug-likeness (QED) is 0.0936. The van der Waals surface area contributed by atoms with Crippen molar-refractivity contribution in [2.24, 2.45) is 0 Å². The van der Waals surface area contributed by atoms with Gasteiger partial charge in [0, 0.05) is 0 Å². The van der Waals surface area contributed by atoms with Crippen molar-refractivity contribution in [2.75, 3.05) is 0 Å². The molecule has 0 N–H and O–H groups in total. The Morgan fingerprint density at radius 3 is 0.890 bits per heavy atom. The molecule has 0 spiro atoms. The van der Waals surface area contributed by atoms with Crippen molar-refractivity contribution in [3.63, 3.8) is 0 Å². The summed E-state index contributed by atoms with van der Waals surface area (Å²) in [5, 5.41) is 3.37. The number of alkyl halides is 12. The second kappa shape index (κ2) is 16.3. The molecule has 14 heteroatoms. The zero-order valence-electron chi connectivity index (χ0n) is 42.2. The molecule has 0 radical (unpaired) electrons. The van der Waals surface area contributed by atoms with Gasteiger partial charge in [-0.25, -0.2) is 0 Å². The summed E-state index contributed by atoms with van der Waals surface area (Å²) >= 11 is 0. The SMILES string of the molecule is FC(F)(F)c1ccc2c(c1)-c1cc(C(F)(F)F)cc3c1B2c1cc2c(-c4ccccc4-c4ccccc4)cc4c5c(cc6c(-c7ccccc7-c7ccccc7)cc-3c1c6c25)B1c2ccc(C(F)(F)F)cc2-c2cc(C(F)(F)F)cc-4c21. The third-order valence-corrected chi connectivity index (χ3v) is 17.5. The third kappa shape index (κ3) is 6.74. The van der Waals surface area contributed by atoms with Crippen LogP contribution >= 0.6 is 0 Å². The zero-order valence-corrected chi connectivity index (χ0v) is 42.2. The van der Waals surface area contributed by atoms with E-state index in [2.05, 4.69) is 0 Å². The van der Waals surface area contributed by atoms with Crippen LogP contribution in [0.4, 0.5) is 52.7 Å². The highest BCUT2D eigenvalue weighted by Gasteiger charge is 2.48. The van der Waals surface area contributed by atoms with Gasteiger partial charge in [0.25, 0.3) is 0 Å². The van der Waals surface area contributed by atoms with E-state index in [9.17, 15) is 26.3 Å². The smallest absolute Gasteiger partial charge is 0.166 e. The Morgan fingerprint density at radius 2 is 0.537 bits per heavy atom. The van der Waals surface area contributed by atoms with Crippen LogP contribution in [-0.4, -0.2) is 13.4 Å². The number of hydrogen-bond acceptors (Lipinski definition) is 0. The molecular formula is C68H32B2F12. The van der Waals surface area contributed by atoms with Gasteiger partial charge in [0.1, 0.15) is 0 Å². The molecule has 4 aliphatic rings. The zero-order chi connectivity index (χ0) is 56.3. The Kier molecular flexibility index (Phi) is 9.73.